The van der Waals surface area contributed by atoms with Gasteiger partial charge in [0.05, 0.1) is 10.8 Å². The third kappa shape index (κ3) is 7.63. The van der Waals surface area contributed by atoms with E-state index in [1.54, 1.807) is 19.1 Å². The third-order valence-corrected chi connectivity index (χ3v) is 8.13. The molecule has 0 saturated carbocycles. The lowest BCUT2D eigenvalue weighted by atomic mass is 9.78. The van der Waals surface area contributed by atoms with Crippen LogP contribution in [0.3, 0.4) is 0 Å². The van der Waals surface area contributed by atoms with Crippen molar-refractivity contribution in [3.63, 3.8) is 0 Å². The first-order valence-electron chi connectivity index (χ1n) is 15.6. The van der Waals surface area contributed by atoms with Gasteiger partial charge in [-0.05, 0) is 48.3 Å². The molecule has 0 aliphatic rings. The predicted molar refractivity (Wildman–Crippen MR) is 181 cm³/mol. The maximum atomic E-state index is 11.7. The van der Waals surface area contributed by atoms with Crippen LogP contribution in [0.15, 0.2) is 122 Å². The lowest BCUT2D eigenvalue weighted by Gasteiger charge is -2.09. The molecule has 3 aromatic heterocycles. The van der Waals surface area contributed by atoms with E-state index in [0.29, 0.717) is 50.6 Å². The summed E-state index contributed by atoms with van der Waals surface area (Å²) in [5.41, 5.74) is 5.81. The Morgan fingerprint density at radius 3 is 2.17 bits per heavy atom. The number of rotatable bonds is 13. The lowest BCUT2D eigenvalue weighted by Crippen LogP contribution is -2.38. The molecule has 3 aromatic carbocycles. The third-order valence-electron chi connectivity index (χ3n) is 8.13. The van der Waals surface area contributed by atoms with Crippen LogP contribution in [-0.4, -0.2) is 47.0 Å². The fourth-order valence-electron chi connectivity index (χ4n) is 5.92. The molecule has 0 aliphatic heterocycles. The number of nitrogens with zero attached hydrogens (tertiary/aromatic N) is 4. The fraction of sp³-hybridized carbons (Fsp3) is 0.167. The van der Waals surface area contributed by atoms with Crippen molar-refractivity contribution in [2.75, 3.05) is 6.61 Å². The van der Waals surface area contributed by atoms with Crippen molar-refractivity contribution in [2.45, 2.75) is 33.1 Å². The molecule has 239 valence electrons. The quantitative estimate of drug-likeness (QED) is 0.0580. The number of hydrogen-bond acceptors (Lipinski definition) is 6. The second kappa shape index (κ2) is 14.6. The zero-order valence-electron chi connectivity index (χ0n) is 26.6. The molecule has 3 N–H and O–H groups in total. The van der Waals surface area contributed by atoms with Gasteiger partial charge < -0.3 is 24.5 Å². The Balaban J connectivity index is 1.25. The average molecular weight is 642 g/mol. The zero-order valence-corrected chi connectivity index (χ0v) is 26.6. The van der Waals surface area contributed by atoms with Gasteiger partial charge in [0.2, 0.25) is 17.4 Å². The molecule has 0 saturated heterocycles. The van der Waals surface area contributed by atoms with Crippen molar-refractivity contribution in [3.8, 4) is 5.75 Å². The Hall–Kier alpha value is -5.29. The molecule has 48 heavy (non-hydrogen) atoms. The molecule has 0 amide bonds. The highest BCUT2D eigenvalue weighted by molar-refractivity contribution is 6.58. The monoisotopic (exact) mass is 642 g/mol. The summed E-state index contributed by atoms with van der Waals surface area (Å²) >= 11 is 0. The number of imidazole rings is 1. The number of esters is 1. The van der Waals surface area contributed by atoms with E-state index < -0.39 is 13.1 Å². The van der Waals surface area contributed by atoms with Gasteiger partial charge in [0, 0.05) is 41.0 Å². The second-order valence-electron chi connectivity index (χ2n) is 11.8. The van der Waals surface area contributed by atoms with E-state index in [1.807, 2.05) is 70.5 Å². The van der Waals surface area contributed by atoms with Crippen LogP contribution < -0.4 is 23.8 Å². The van der Waals surface area contributed by atoms with E-state index >= 15 is 0 Å². The largest absolute Gasteiger partial charge is 0.569 e. The van der Waals surface area contributed by atoms with Gasteiger partial charge in [-0.2, -0.15) is 9.13 Å². The van der Waals surface area contributed by atoms with Crippen LogP contribution in [0.4, 0.5) is 0 Å². The molecule has 0 fully saturated rings. The number of carbonyl (C=O) groups is 1. The van der Waals surface area contributed by atoms with Gasteiger partial charge in [-0.1, -0.05) is 30.8 Å². The van der Waals surface area contributed by atoms with Crippen LogP contribution >= 0.6 is 0 Å². The molecule has 10 nitrogen and oxygen atoms in total. The molecule has 0 bridgehead atoms. The Morgan fingerprint density at radius 2 is 1.52 bits per heavy atom. The van der Waals surface area contributed by atoms with E-state index in [4.69, 9.17) is 14.4 Å². The van der Waals surface area contributed by atoms with Crippen LogP contribution in [0.5, 0.6) is 5.75 Å². The van der Waals surface area contributed by atoms with Crippen molar-refractivity contribution in [1.82, 2.24) is 4.57 Å². The topological polar surface area (TPSA) is 113 Å². The van der Waals surface area contributed by atoms with E-state index in [9.17, 15) is 14.8 Å². The predicted octanol–water partition coefficient (Wildman–Crippen LogP) is 1.51. The smallest absolute Gasteiger partial charge is 0.537 e. The van der Waals surface area contributed by atoms with Crippen LogP contribution in [0.1, 0.15) is 23.6 Å². The summed E-state index contributed by atoms with van der Waals surface area (Å²) in [5, 5.41) is 31.5. The zero-order chi connectivity index (χ0) is 33.6. The summed E-state index contributed by atoms with van der Waals surface area (Å²) in [6.45, 7) is 7.63. The van der Waals surface area contributed by atoms with Crippen molar-refractivity contribution in [2.24, 2.45) is 0 Å². The number of aromatic nitrogens is 4. The lowest BCUT2D eigenvalue weighted by molar-refractivity contribution is -0.687. The van der Waals surface area contributed by atoms with Crippen LogP contribution in [-0.2, 0) is 35.7 Å². The van der Waals surface area contributed by atoms with Gasteiger partial charge in [0.15, 0.2) is 25.5 Å². The van der Waals surface area contributed by atoms with Crippen molar-refractivity contribution in [3.05, 3.63) is 139 Å². The highest BCUT2D eigenvalue weighted by Crippen LogP contribution is 2.22. The minimum absolute atomic E-state index is 0.238. The second-order valence-corrected chi connectivity index (χ2v) is 11.8. The number of carbonyl (C=O) groups excluding carboxylic acids is 1. The van der Waals surface area contributed by atoms with Gasteiger partial charge in [-0.3, -0.25) is 0 Å². The van der Waals surface area contributed by atoms with E-state index in [2.05, 4.69) is 52.2 Å². The molecule has 1 radical (unpaired) electrons. The molecule has 6 rings (SSSR count). The van der Waals surface area contributed by atoms with E-state index in [1.165, 1.54) is 0 Å². The highest BCUT2D eigenvalue weighted by Gasteiger charge is 2.20. The summed E-state index contributed by atoms with van der Waals surface area (Å²) in [4.78, 5) is 11.7. The molecular formula is C36H36B2N4O6+3. The fourth-order valence-corrected chi connectivity index (χ4v) is 5.92. The summed E-state index contributed by atoms with van der Waals surface area (Å²) < 4.78 is 18.6. The molecule has 0 aliphatic carbocycles. The SMILES string of the molecule is C=C(C)C(=O)OCCn1cc[n+](Cc2cc(C[n+]3cccc4c5ccc[n+](Cc6cccc(O[B]O)c6)c5ccc43)cc(B(O)O)c2)c1. The number of fused-ring (bicyclic) bond motifs is 3. The van der Waals surface area contributed by atoms with Gasteiger partial charge in [0.1, 0.15) is 37.8 Å². The van der Waals surface area contributed by atoms with Gasteiger partial charge >= 0.3 is 20.8 Å². The van der Waals surface area contributed by atoms with Gasteiger partial charge in [0.25, 0.3) is 0 Å². The Bertz CT molecular complexity index is 2120. The summed E-state index contributed by atoms with van der Waals surface area (Å²) in [6, 6.07) is 25.9. The number of hydrogen-bond donors (Lipinski definition) is 3. The molecular weight excluding hydrogens is 606 g/mol. The maximum Gasteiger partial charge on any atom is 0.569 e. The summed E-state index contributed by atoms with van der Waals surface area (Å²) in [6.07, 6.45) is 9.84. The standard InChI is InChI=1S/C36H36B2N4O6/c1-26(2)36(43)47-17-16-39-14-15-40(25-39)22-28-18-29(20-30(19-28)38(45)46)24-42-13-5-9-33-32-8-4-12-41(34(32)10-11-35(33)42)23-27-6-3-7-31(21-27)48-37-44/h3-15,18-21,25,44-46H,1,16-17,22-24H2,2H3/q+3. The van der Waals surface area contributed by atoms with Crippen LogP contribution in [0.25, 0.3) is 21.8 Å². The Kier molecular flexibility index (Phi) is 9.96. The van der Waals surface area contributed by atoms with Crippen molar-refractivity contribution >= 4 is 48.0 Å². The maximum absolute atomic E-state index is 11.7. The summed E-state index contributed by atoms with van der Waals surface area (Å²) in [5.74, 6) is 0.161. The molecule has 0 atom stereocenters. The molecule has 0 spiro atoms. The molecule has 6 aromatic rings. The first-order chi connectivity index (χ1) is 23.3. The number of pyridine rings is 2. The molecule has 12 heteroatoms. The number of ether oxygens (including phenoxy) is 1. The van der Waals surface area contributed by atoms with Crippen LogP contribution in [0, 0.1) is 0 Å². The van der Waals surface area contributed by atoms with Crippen molar-refractivity contribution < 1.29 is 43.0 Å². The molecule has 0 unspecified atom stereocenters. The van der Waals surface area contributed by atoms with Crippen LogP contribution in [0.2, 0.25) is 0 Å². The van der Waals surface area contributed by atoms with Gasteiger partial charge in [-0.25, -0.2) is 13.9 Å². The van der Waals surface area contributed by atoms with E-state index in [0.717, 1.165) is 38.5 Å². The minimum Gasteiger partial charge on any atom is -0.537 e. The Labute approximate surface area is 279 Å². The minimum atomic E-state index is -1.60. The summed E-state index contributed by atoms with van der Waals surface area (Å²) in [7, 11) is -0.922. The Morgan fingerprint density at radius 1 is 0.854 bits per heavy atom. The number of benzene rings is 3. The average Bonchev–Trinajstić information content (AvgIpc) is 3.51. The molecule has 3 heterocycles. The first-order valence-corrected chi connectivity index (χ1v) is 15.6. The van der Waals surface area contributed by atoms with E-state index in [-0.39, 0.29) is 6.61 Å². The van der Waals surface area contributed by atoms with Gasteiger partial charge in [-0.15, -0.1) is 0 Å². The first kappa shape index (κ1) is 32.6. The normalized spacial score (nSPS) is 11.1. The highest BCUT2D eigenvalue weighted by atomic mass is 16.5. The van der Waals surface area contributed by atoms with Crippen molar-refractivity contribution in [1.29, 1.82) is 0 Å².